The van der Waals surface area contributed by atoms with Gasteiger partial charge in [-0.15, -0.1) is 0 Å². The van der Waals surface area contributed by atoms with Crippen molar-refractivity contribution in [2.45, 2.75) is 5.54 Å². The van der Waals surface area contributed by atoms with E-state index in [1.165, 1.54) is 0 Å². The molecule has 0 saturated carbocycles. The van der Waals surface area contributed by atoms with E-state index >= 15 is 0 Å². The Morgan fingerprint density at radius 3 is 1.81 bits per heavy atom. The summed E-state index contributed by atoms with van der Waals surface area (Å²) in [6, 6.07) is 30.5. The summed E-state index contributed by atoms with van der Waals surface area (Å²) < 4.78 is 0. The normalized spacial score (nSPS) is 11.1. The fourth-order valence-corrected chi connectivity index (χ4v) is 3.69. The van der Waals surface area contributed by atoms with Gasteiger partial charge in [-0.1, -0.05) is 90.5 Å². The number of hydrogen-bond donors (Lipinski definition) is 1. The van der Waals surface area contributed by atoms with Gasteiger partial charge in [0.25, 0.3) is 0 Å². The van der Waals surface area contributed by atoms with Crippen molar-refractivity contribution in [3.8, 4) is 0 Å². The van der Waals surface area contributed by atoms with Gasteiger partial charge in [0.2, 0.25) is 0 Å². The molecule has 0 aliphatic carbocycles. The third-order valence-electron chi connectivity index (χ3n) is 4.61. The van der Waals surface area contributed by atoms with Crippen LogP contribution in [0.4, 0.5) is 5.69 Å². The fraction of sp³-hybridized carbons (Fsp3) is 0.0435. The second-order valence-corrected chi connectivity index (χ2v) is 6.63. The van der Waals surface area contributed by atoms with E-state index in [2.05, 4.69) is 45.8 Å². The Labute approximate surface area is 163 Å². The first kappa shape index (κ1) is 17.3. The molecule has 1 N–H and O–H groups in total. The van der Waals surface area contributed by atoms with Gasteiger partial charge in [0, 0.05) is 10.6 Å². The molecule has 1 heterocycles. The van der Waals surface area contributed by atoms with Crippen LogP contribution in [-0.2, 0) is 5.54 Å². The van der Waals surface area contributed by atoms with Crippen molar-refractivity contribution < 1.29 is 0 Å². The molecule has 132 valence electrons. The third kappa shape index (κ3) is 3.29. The quantitative estimate of drug-likeness (QED) is 0.468. The molecule has 0 saturated heterocycles. The summed E-state index contributed by atoms with van der Waals surface area (Å²) in [6.45, 7) is 0. The number of anilines is 1. The highest BCUT2D eigenvalue weighted by atomic mass is 35.5. The van der Waals surface area contributed by atoms with Crippen LogP contribution in [0.15, 0.2) is 103 Å². The van der Waals surface area contributed by atoms with E-state index in [4.69, 9.17) is 11.6 Å². The number of aromatic nitrogens is 2. The average Bonchev–Trinajstić information content (AvgIpc) is 2.75. The summed E-state index contributed by atoms with van der Waals surface area (Å²) in [7, 11) is 0. The van der Waals surface area contributed by atoms with E-state index in [1.807, 2.05) is 60.7 Å². The van der Waals surface area contributed by atoms with Gasteiger partial charge in [0.05, 0.1) is 18.1 Å². The van der Waals surface area contributed by atoms with Crippen molar-refractivity contribution in [1.82, 2.24) is 10.2 Å². The van der Waals surface area contributed by atoms with Gasteiger partial charge in [0.15, 0.2) is 0 Å². The van der Waals surface area contributed by atoms with Gasteiger partial charge >= 0.3 is 0 Å². The Balaban J connectivity index is 2.04. The van der Waals surface area contributed by atoms with Crippen molar-refractivity contribution in [1.29, 1.82) is 0 Å². The molecular formula is C23H18ClN3. The van der Waals surface area contributed by atoms with Crippen LogP contribution in [0.2, 0.25) is 5.02 Å². The highest BCUT2D eigenvalue weighted by molar-refractivity contribution is 6.31. The van der Waals surface area contributed by atoms with E-state index in [1.54, 1.807) is 12.4 Å². The second kappa shape index (κ2) is 7.60. The summed E-state index contributed by atoms with van der Waals surface area (Å²) >= 11 is 6.71. The molecule has 0 bridgehead atoms. The Kier molecular flexibility index (Phi) is 4.86. The summed E-state index contributed by atoms with van der Waals surface area (Å²) in [5.74, 6) is 0. The molecule has 0 atom stereocenters. The van der Waals surface area contributed by atoms with Gasteiger partial charge in [-0.05, 0) is 23.3 Å². The molecule has 27 heavy (non-hydrogen) atoms. The number of halogens is 1. The van der Waals surface area contributed by atoms with Crippen molar-refractivity contribution in [2.75, 3.05) is 5.32 Å². The van der Waals surface area contributed by atoms with Crippen molar-refractivity contribution in [3.05, 3.63) is 125 Å². The fourth-order valence-electron chi connectivity index (χ4n) is 3.41. The monoisotopic (exact) mass is 371 g/mol. The molecule has 0 aliphatic heterocycles. The number of benzene rings is 3. The van der Waals surface area contributed by atoms with Crippen molar-refractivity contribution >= 4 is 17.3 Å². The zero-order valence-electron chi connectivity index (χ0n) is 14.6. The number of nitrogens with zero attached hydrogens (tertiary/aromatic N) is 2. The Hall–Kier alpha value is -3.17. The molecule has 4 heteroatoms. The largest absolute Gasteiger partial charge is 0.367 e. The van der Waals surface area contributed by atoms with E-state index < -0.39 is 5.54 Å². The lowest BCUT2D eigenvalue weighted by Gasteiger charge is -2.38. The van der Waals surface area contributed by atoms with Crippen LogP contribution >= 0.6 is 11.6 Å². The zero-order chi connectivity index (χ0) is 18.5. The topological polar surface area (TPSA) is 37.8 Å². The van der Waals surface area contributed by atoms with Crippen LogP contribution in [0.1, 0.15) is 16.7 Å². The molecule has 1 aromatic heterocycles. The van der Waals surface area contributed by atoms with Gasteiger partial charge in [-0.25, -0.2) is 0 Å². The van der Waals surface area contributed by atoms with Crippen LogP contribution in [0.3, 0.4) is 0 Å². The van der Waals surface area contributed by atoms with Crippen molar-refractivity contribution in [2.24, 2.45) is 0 Å². The van der Waals surface area contributed by atoms with E-state index in [0.29, 0.717) is 5.02 Å². The Morgan fingerprint density at radius 2 is 1.26 bits per heavy atom. The van der Waals surface area contributed by atoms with Crippen LogP contribution in [0.25, 0.3) is 0 Å². The standard InChI is InChI=1S/C23H18ClN3/c24-22-14-8-7-13-21(22)23(18-9-3-1-4-10-18,19-11-5-2-6-12-19)27-20-15-16-25-26-17-20/h1-17H,(H,25,27). The number of hydrogen-bond acceptors (Lipinski definition) is 3. The first-order valence-electron chi connectivity index (χ1n) is 8.71. The van der Waals surface area contributed by atoms with E-state index in [-0.39, 0.29) is 0 Å². The molecule has 0 spiro atoms. The molecule has 4 rings (SSSR count). The predicted molar refractivity (Wildman–Crippen MR) is 110 cm³/mol. The maximum atomic E-state index is 6.71. The maximum absolute atomic E-state index is 6.71. The molecule has 3 nitrogen and oxygen atoms in total. The van der Waals surface area contributed by atoms with Gasteiger partial charge in [0.1, 0.15) is 5.54 Å². The van der Waals surface area contributed by atoms with Crippen LogP contribution in [0.5, 0.6) is 0 Å². The summed E-state index contributed by atoms with van der Waals surface area (Å²) in [4.78, 5) is 0. The van der Waals surface area contributed by atoms with Gasteiger partial charge in [-0.2, -0.15) is 10.2 Å². The van der Waals surface area contributed by atoms with Crippen LogP contribution in [-0.4, -0.2) is 10.2 Å². The lowest BCUT2D eigenvalue weighted by Crippen LogP contribution is -2.38. The first-order chi connectivity index (χ1) is 13.3. The third-order valence-corrected chi connectivity index (χ3v) is 4.94. The smallest absolute Gasteiger partial charge is 0.115 e. The molecule has 4 aromatic rings. The minimum atomic E-state index is -0.677. The highest BCUT2D eigenvalue weighted by Crippen LogP contribution is 2.42. The summed E-state index contributed by atoms with van der Waals surface area (Å²) in [5.41, 5.74) is 3.32. The zero-order valence-corrected chi connectivity index (χ0v) is 15.3. The first-order valence-corrected chi connectivity index (χ1v) is 9.09. The Morgan fingerprint density at radius 1 is 0.667 bits per heavy atom. The average molecular weight is 372 g/mol. The molecule has 3 aromatic carbocycles. The van der Waals surface area contributed by atoms with E-state index in [0.717, 1.165) is 22.4 Å². The lowest BCUT2D eigenvalue weighted by molar-refractivity contribution is 0.710. The lowest BCUT2D eigenvalue weighted by atomic mass is 9.76. The minimum absolute atomic E-state index is 0.677. The minimum Gasteiger partial charge on any atom is -0.367 e. The summed E-state index contributed by atoms with van der Waals surface area (Å²) in [5, 5.41) is 12.3. The van der Waals surface area contributed by atoms with Crippen molar-refractivity contribution in [3.63, 3.8) is 0 Å². The molecule has 0 unspecified atom stereocenters. The molecule has 0 radical (unpaired) electrons. The van der Waals surface area contributed by atoms with Crippen LogP contribution in [0, 0.1) is 0 Å². The molecular weight excluding hydrogens is 354 g/mol. The SMILES string of the molecule is Clc1ccccc1C(Nc1ccnnc1)(c1ccccc1)c1ccccc1. The maximum Gasteiger partial charge on any atom is 0.115 e. The molecule has 0 fully saturated rings. The molecule has 0 aliphatic rings. The van der Waals surface area contributed by atoms with Crippen LogP contribution < -0.4 is 5.32 Å². The van der Waals surface area contributed by atoms with E-state index in [9.17, 15) is 0 Å². The molecule has 0 amide bonds. The van der Waals surface area contributed by atoms with Gasteiger partial charge in [-0.3, -0.25) is 0 Å². The predicted octanol–water partition coefficient (Wildman–Crippen LogP) is 5.53. The summed E-state index contributed by atoms with van der Waals surface area (Å²) in [6.07, 6.45) is 3.40. The van der Waals surface area contributed by atoms with Gasteiger partial charge < -0.3 is 5.32 Å². The highest BCUT2D eigenvalue weighted by Gasteiger charge is 2.38. The number of nitrogens with one attached hydrogen (secondary N) is 1. The Bertz CT molecular complexity index is 966. The second-order valence-electron chi connectivity index (χ2n) is 6.22. The number of rotatable bonds is 5.